The number of halogens is 1. The highest BCUT2D eigenvalue weighted by molar-refractivity contribution is 7.16. The zero-order valence-electron chi connectivity index (χ0n) is 9.54. The lowest BCUT2D eigenvalue weighted by atomic mass is 10.0. The van der Waals surface area contributed by atoms with Crippen LogP contribution in [0, 0.1) is 25.2 Å². The van der Waals surface area contributed by atoms with E-state index in [-0.39, 0.29) is 0 Å². The fraction of sp³-hybridized carbons (Fsp3) is 0.154. The van der Waals surface area contributed by atoms with Crippen molar-refractivity contribution in [3.8, 4) is 16.5 Å². The number of nitriles is 1. The van der Waals surface area contributed by atoms with E-state index in [1.807, 2.05) is 32.0 Å². The summed E-state index contributed by atoms with van der Waals surface area (Å²) in [5.41, 5.74) is 9.62. The van der Waals surface area contributed by atoms with Crippen molar-refractivity contribution in [1.29, 1.82) is 5.26 Å². The van der Waals surface area contributed by atoms with Crippen molar-refractivity contribution in [2.45, 2.75) is 13.8 Å². The lowest BCUT2D eigenvalue weighted by Gasteiger charge is -2.05. The smallest absolute Gasteiger partial charge is 0.128 e. The Kier molecular flexibility index (Phi) is 3.10. The molecule has 0 fully saturated rings. The van der Waals surface area contributed by atoms with E-state index in [9.17, 15) is 0 Å². The Labute approximate surface area is 109 Å². The number of nitrogen functional groups attached to an aromatic ring is 1. The molecule has 0 saturated heterocycles. The average Bonchev–Trinajstić information content (AvgIpc) is 2.57. The first-order valence-corrected chi connectivity index (χ1v) is 6.29. The van der Waals surface area contributed by atoms with Crippen molar-refractivity contribution < 1.29 is 0 Å². The van der Waals surface area contributed by atoms with Gasteiger partial charge in [-0.05, 0) is 42.7 Å². The molecular formula is C13H11ClN2S. The minimum absolute atomic E-state index is 0.576. The minimum atomic E-state index is 0.576. The van der Waals surface area contributed by atoms with E-state index in [2.05, 4.69) is 6.07 Å². The molecule has 2 N–H and O–H groups in total. The third-order valence-electron chi connectivity index (χ3n) is 2.73. The molecule has 0 unspecified atom stereocenters. The van der Waals surface area contributed by atoms with Crippen molar-refractivity contribution >= 4 is 28.6 Å². The minimum Gasteiger partial charge on any atom is -0.397 e. The predicted octanol–water partition coefficient (Wildman–Crippen LogP) is 4.14. The van der Waals surface area contributed by atoms with Gasteiger partial charge in [0.2, 0.25) is 0 Å². The molecule has 0 radical (unpaired) electrons. The molecule has 0 saturated carbocycles. The number of hydrogen-bond acceptors (Lipinski definition) is 3. The third-order valence-corrected chi connectivity index (χ3v) is 4.21. The summed E-state index contributed by atoms with van der Waals surface area (Å²) in [7, 11) is 0. The zero-order chi connectivity index (χ0) is 12.6. The highest BCUT2D eigenvalue weighted by Gasteiger charge is 2.15. The second-order valence-electron chi connectivity index (χ2n) is 3.87. The van der Waals surface area contributed by atoms with Crippen LogP contribution in [0.5, 0.6) is 0 Å². The zero-order valence-corrected chi connectivity index (χ0v) is 11.1. The maximum Gasteiger partial charge on any atom is 0.128 e. The quantitative estimate of drug-likeness (QED) is 0.840. The lowest BCUT2D eigenvalue weighted by Crippen LogP contribution is -1.88. The van der Waals surface area contributed by atoms with Crippen molar-refractivity contribution in [3.05, 3.63) is 39.2 Å². The molecule has 1 aromatic carbocycles. The number of benzene rings is 1. The summed E-state index contributed by atoms with van der Waals surface area (Å²) in [5.74, 6) is 0. The summed E-state index contributed by atoms with van der Waals surface area (Å²) in [5, 5.41) is 9.69. The molecule has 2 nitrogen and oxygen atoms in total. The van der Waals surface area contributed by atoms with Gasteiger partial charge < -0.3 is 5.73 Å². The van der Waals surface area contributed by atoms with Crippen LogP contribution in [0.25, 0.3) is 10.4 Å². The first kappa shape index (κ1) is 12.0. The van der Waals surface area contributed by atoms with Gasteiger partial charge in [0.25, 0.3) is 0 Å². The molecular weight excluding hydrogens is 252 g/mol. The van der Waals surface area contributed by atoms with Gasteiger partial charge in [-0.3, -0.25) is 0 Å². The van der Waals surface area contributed by atoms with Crippen LogP contribution in [0.4, 0.5) is 5.69 Å². The van der Waals surface area contributed by atoms with Crippen LogP contribution in [-0.2, 0) is 0 Å². The van der Waals surface area contributed by atoms with E-state index in [0.29, 0.717) is 15.6 Å². The molecule has 1 aromatic heterocycles. The van der Waals surface area contributed by atoms with Gasteiger partial charge in [0, 0.05) is 9.90 Å². The van der Waals surface area contributed by atoms with Crippen molar-refractivity contribution in [3.63, 3.8) is 0 Å². The Balaban J connectivity index is 2.65. The summed E-state index contributed by atoms with van der Waals surface area (Å²) in [4.78, 5) is 1.63. The Morgan fingerprint density at radius 3 is 2.59 bits per heavy atom. The van der Waals surface area contributed by atoms with Gasteiger partial charge in [0.15, 0.2) is 0 Å². The van der Waals surface area contributed by atoms with Gasteiger partial charge in [-0.15, -0.1) is 11.3 Å². The SMILES string of the molecule is Cc1cc(Cl)ccc1-c1sc(C#N)c(N)c1C. The van der Waals surface area contributed by atoms with Gasteiger partial charge in [-0.1, -0.05) is 17.7 Å². The van der Waals surface area contributed by atoms with Crippen LogP contribution in [0.3, 0.4) is 0 Å². The van der Waals surface area contributed by atoms with E-state index < -0.39 is 0 Å². The number of nitrogens with two attached hydrogens (primary N) is 1. The van der Waals surface area contributed by atoms with E-state index >= 15 is 0 Å². The molecule has 2 aromatic rings. The molecule has 17 heavy (non-hydrogen) atoms. The number of rotatable bonds is 1. The van der Waals surface area contributed by atoms with Crippen molar-refractivity contribution in [2.75, 3.05) is 5.73 Å². The first-order chi connectivity index (χ1) is 8.04. The molecule has 0 amide bonds. The molecule has 0 bridgehead atoms. The third kappa shape index (κ3) is 2.02. The van der Waals surface area contributed by atoms with Crippen molar-refractivity contribution in [1.82, 2.24) is 0 Å². The van der Waals surface area contributed by atoms with Crippen LogP contribution < -0.4 is 5.73 Å². The van der Waals surface area contributed by atoms with Gasteiger partial charge in [-0.2, -0.15) is 5.26 Å². The molecule has 4 heteroatoms. The van der Waals surface area contributed by atoms with Gasteiger partial charge in [0.05, 0.1) is 5.69 Å². The molecule has 0 aliphatic heterocycles. The summed E-state index contributed by atoms with van der Waals surface area (Å²) in [6, 6.07) is 7.86. The van der Waals surface area contributed by atoms with Crippen LogP contribution in [0.1, 0.15) is 16.0 Å². The Bertz CT molecular complexity index is 623. The molecule has 0 aliphatic carbocycles. The van der Waals surface area contributed by atoms with Crippen molar-refractivity contribution in [2.24, 2.45) is 0 Å². The lowest BCUT2D eigenvalue weighted by molar-refractivity contribution is 1.45. The van der Waals surface area contributed by atoms with E-state index in [4.69, 9.17) is 22.6 Å². The Hall–Kier alpha value is -1.50. The number of anilines is 1. The maximum absolute atomic E-state index is 8.98. The van der Waals surface area contributed by atoms with E-state index in [1.54, 1.807) is 0 Å². The van der Waals surface area contributed by atoms with Crippen LogP contribution in [0.2, 0.25) is 5.02 Å². The first-order valence-electron chi connectivity index (χ1n) is 5.10. The monoisotopic (exact) mass is 262 g/mol. The number of hydrogen-bond donors (Lipinski definition) is 1. The maximum atomic E-state index is 8.98. The Morgan fingerprint density at radius 1 is 1.35 bits per heavy atom. The highest BCUT2D eigenvalue weighted by Crippen LogP contribution is 2.39. The van der Waals surface area contributed by atoms with Crippen LogP contribution in [-0.4, -0.2) is 0 Å². The van der Waals surface area contributed by atoms with Gasteiger partial charge in [-0.25, -0.2) is 0 Å². The fourth-order valence-corrected chi connectivity index (χ4v) is 3.09. The number of aryl methyl sites for hydroxylation is 1. The number of thiophene rings is 1. The summed E-state index contributed by atoms with van der Waals surface area (Å²) >= 11 is 7.36. The Morgan fingerprint density at radius 2 is 2.06 bits per heavy atom. The molecule has 1 heterocycles. The van der Waals surface area contributed by atoms with Gasteiger partial charge >= 0.3 is 0 Å². The molecule has 86 valence electrons. The van der Waals surface area contributed by atoms with Crippen LogP contribution >= 0.6 is 22.9 Å². The van der Waals surface area contributed by atoms with Crippen LogP contribution in [0.15, 0.2) is 18.2 Å². The highest BCUT2D eigenvalue weighted by atomic mass is 35.5. The summed E-state index contributed by atoms with van der Waals surface area (Å²) in [6.45, 7) is 3.94. The summed E-state index contributed by atoms with van der Waals surface area (Å²) < 4.78 is 0. The second-order valence-corrected chi connectivity index (χ2v) is 5.33. The molecule has 0 aliphatic rings. The van der Waals surface area contributed by atoms with E-state index in [1.165, 1.54) is 11.3 Å². The largest absolute Gasteiger partial charge is 0.397 e. The summed E-state index contributed by atoms with van der Waals surface area (Å²) in [6.07, 6.45) is 0. The molecule has 0 atom stereocenters. The standard InChI is InChI=1S/C13H11ClN2S/c1-7-5-9(14)3-4-10(7)13-8(2)12(16)11(6-15)17-13/h3-5H,16H2,1-2H3. The molecule has 2 rings (SSSR count). The normalized spacial score (nSPS) is 10.2. The fourth-order valence-electron chi connectivity index (χ4n) is 1.75. The average molecular weight is 263 g/mol. The van der Waals surface area contributed by atoms with Gasteiger partial charge in [0.1, 0.15) is 10.9 Å². The number of nitrogens with zero attached hydrogens (tertiary/aromatic N) is 1. The van der Waals surface area contributed by atoms with E-state index in [0.717, 1.165) is 21.6 Å². The molecule has 0 spiro atoms. The predicted molar refractivity (Wildman–Crippen MR) is 73.4 cm³/mol. The topological polar surface area (TPSA) is 49.8 Å². The second kappa shape index (κ2) is 4.40.